The average Bonchev–Trinajstić information content (AvgIpc) is 2.35. The first kappa shape index (κ1) is 13.6. The highest BCUT2D eigenvalue weighted by molar-refractivity contribution is 5.99. The first-order valence-corrected chi connectivity index (χ1v) is 6.29. The number of hydrogen-bond donors (Lipinski definition) is 0. The molecule has 0 aliphatic carbocycles. The highest BCUT2D eigenvalue weighted by Gasteiger charge is 2.08. The van der Waals surface area contributed by atoms with E-state index in [0.717, 1.165) is 24.8 Å². The van der Waals surface area contributed by atoms with Crippen LogP contribution in [0.2, 0.25) is 0 Å². The zero-order valence-electron chi connectivity index (χ0n) is 10.4. The molecule has 0 spiro atoms. The molecule has 0 aromatic heterocycles. The molecule has 0 aliphatic heterocycles. The van der Waals surface area contributed by atoms with Gasteiger partial charge in [-0.1, -0.05) is 43.7 Å². The van der Waals surface area contributed by atoms with Crippen LogP contribution in [0.5, 0.6) is 0 Å². The lowest BCUT2D eigenvalue weighted by atomic mass is 10.0. The highest BCUT2D eigenvalue weighted by atomic mass is 16.1. The summed E-state index contributed by atoms with van der Waals surface area (Å²) in [4.78, 5) is 23.0. The van der Waals surface area contributed by atoms with Gasteiger partial charge in [0.2, 0.25) is 0 Å². The van der Waals surface area contributed by atoms with Gasteiger partial charge in [-0.25, -0.2) is 0 Å². The molecule has 0 aliphatic rings. The number of rotatable bonds is 8. The van der Waals surface area contributed by atoms with Gasteiger partial charge in [0.25, 0.3) is 0 Å². The predicted octanol–water partition coefficient (Wildman–Crippen LogP) is 3.34. The van der Waals surface area contributed by atoms with E-state index in [1.54, 1.807) is 0 Å². The molecule has 0 atom stereocenters. The predicted molar refractivity (Wildman–Crippen MR) is 68.9 cm³/mol. The molecule has 0 fully saturated rings. The second-order valence-corrected chi connectivity index (χ2v) is 4.34. The van der Waals surface area contributed by atoms with Crippen LogP contribution in [0.1, 0.15) is 44.6 Å². The van der Waals surface area contributed by atoms with E-state index >= 15 is 0 Å². The van der Waals surface area contributed by atoms with E-state index in [1.807, 2.05) is 37.3 Å². The van der Waals surface area contributed by atoms with Crippen molar-refractivity contribution in [3.8, 4) is 0 Å². The van der Waals surface area contributed by atoms with Gasteiger partial charge >= 0.3 is 0 Å². The van der Waals surface area contributed by atoms with Crippen molar-refractivity contribution >= 4 is 11.6 Å². The molecule has 0 unspecified atom stereocenters. The molecular formula is C15H20O2. The largest absolute Gasteiger partial charge is 0.299 e. The molecule has 0 heterocycles. The molecule has 17 heavy (non-hydrogen) atoms. The van der Waals surface area contributed by atoms with Crippen molar-refractivity contribution in [1.82, 2.24) is 0 Å². The lowest BCUT2D eigenvalue weighted by Gasteiger charge is -2.01. The van der Waals surface area contributed by atoms with Crippen LogP contribution in [0.15, 0.2) is 30.3 Å². The second-order valence-electron chi connectivity index (χ2n) is 4.34. The fraction of sp³-hybridized carbons (Fsp3) is 0.467. The number of benzene rings is 1. The number of Topliss-reactive ketones (excluding diaryl/α,β-unsaturated/α-hetero) is 2. The van der Waals surface area contributed by atoms with Crippen LogP contribution in [0.25, 0.3) is 0 Å². The van der Waals surface area contributed by atoms with Gasteiger partial charge in [0.05, 0.1) is 6.42 Å². The summed E-state index contributed by atoms with van der Waals surface area (Å²) < 4.78 is 0. The molecule has 0 saturated carbocycles. The van der Waals surface area contributed by atoms with E-state index in [2.05, 4.69) is 0 Å². The first-order valence-electron chi connectivity index (χ1n) is 6.29. The maximum Gasteiger partial charge on any atom is 0.140 e. The number of carbonyl (C=O) groups excluding carboxylic acids is 2. The van der Waals surface area contributed by atoms with Crippen LogP contribution >= 0.6 is 0 Å². The number of ketones is 2. The van der Waals surface area contributed by atoms with Crippen molar-refractivity contribution in [3.63, 3.8) is 0 Å². The lowest BCUT2D eigenvalue weighted by molar-refractivity contribution is -0.127. The maximum absolute atomic E-state index is 11.6. The average molecular weight is 232 g/mol. The van der Waals surface area contributed by atoms with Crippen LogP contribution in [0, 0.1) is 0 Å². The van der Waals surface area contributed by atoms with Crippen molar-refractivity contribution in [2.75, 3.05) is 0 Å². The lowest BCUT2D eigenvalue weighted by Crippen LogP contribution is -2.08. The molecule has 2 nitrogen and oxygen atoms in total. The van der Waals surface area contributed by atoms with Crippen molar-refractivity contribution in [2.24, 2.45) is 0 Å². The van der Waals surface area contributed by atoms with Crippen LogP contribution in [0.4, 0.5) is 0 Å². The van der Waals surface area contributed by atoms with Gasteiger partial charge < -0.3 is 0 Å². The first-order chi connectivity index (χ1) is 8.22. The molecule has 0 saturated heterocycles. The van der Waals surface area contributed by atoms with Gasteiger partial charge in [0.1, 0.15) is 11.6 Å². The molecule has 0 N–H and O–H groups in total. The SMILES string of the molecule is CCCCC(=O)CC(=O)CCc1ccccc1. The smallest absolute Gasteiger partial charge is 0.140 e. The molecule has 92 valence electrons. The third-order valence-corrected chi connectivity index (χ3v) is 2.74. The van der Waals surface area contributed by atoms with Gasteiger partial charge in [-0.3, -0.25) is 9.59 Å². The standard InChI is InChI=1S/C15H20O2/c1-2-3-9-14(16)12-15(17)11-10-13-7-5-4-6-8-13/h4-8H,2-3,9-12H2,1H3. The van der Waals surface area contributed by atoms with Crippen LogP contribution in [-0.2, 0) is 16.0 Å². The topological polar surface area (TPSA) is 34.1 Å². The van der Waals surface area contributed by atoms with Crippen LogP contribution in [-0.4, -0.2) is 11.6 Å². The quantitative estimate of drug-likeness (QED) is 0.644. The Balaban J connectivity index is 2.24. The molecule has 0 bridgehead atoms. The zero-order chi connectivity index (χ0) is 12.5. The molecule has 0 amide bonds. The van der Waals surface area contributed by atoms with Gasteiger partial charge in [-0.15, -0.1) is 0 Å². The van der Waals surface area contributed by atoms with E-state index in [1.165, 1.54) is 0 Å². The van der Waals surface area contributed by atoms with Gasteiger partial charge in [-0.2, -0.15) is 0 Å². The highest BCUT2D eigenvalue weighted by Crippen LogP contribution is 2.06. The van der Waals surface area contributed by atoms with Gasteiger partial charge in [0.15, 0.2) is 0 Å². The Morgan fingerprint density at radius 1 is 1.00 bits per heavy atom. The fourth-order valence-electron chi connectivity index (χ4n) is 1.70. The van der Waals surface area contributed by atoms with Crippen LogP contribution in [0.3, 0.4) is 0 Å². The van der Waals surface area contributed by atoms with E-state index in [0.29, 0.717) is 12.8 Å². The summed E-state index contributed by atoms with van der Waals surface area (Å²) in [5.41, 5.74) is 1.15. The Bertz CT molecular complexity index is 354. The summed E-state index contributed by atoms with van der Waals surface area (Å²) in [7, 11) is 0. The summed E-state index contributed by atoms with van der Waals surface area (Å²) >= 11 is 0. The minimum absolute atomic E-state index is 0.0648. The van der Waals surface area contributed by atoms with Crippen molar-refractivity contribution in [1.29, 1.82) is 0 Å². The third-order valence-electron chi connectivity index (χ3n) is 2.74. The minimum atomic E-state index is 0.0648. The van der Waals surface area contributed by atoms with Gasteiger partial charge in [-0.05, 0) is 18.4 Å². The van der Waals surface area contributed by atoms with E-state index in [4.69, 9.17) is 0 Å². The van der Waals surface area contributed by atoms with Crippen molar-refractivity contribution in [2.45, 2.75) is 45.4 Å². The molecule has 1 aromatic rings. The molecule has 0 radical (unpaired) electrons. The van der Waals surface area contributed by atoms with E-state index in [-0.39, 0.29) is 18.0 Å². The second kappa shape index (κ2) is 7.77. The van der Waals surface area contributed by atoms with E-state index in [9.17, 15) is 9.59 Å². The monoisotopic (exact) mass is 232 g/mol. The normalized spacial score (nSPS) is 10.2. The number of unbranched alkanes of at least 4 members (excludes halogenated alkanes) is 1. The molecule has 1 aromatic carbocycles. The summed E-state index contributed by atoms with van der Waals surface area (Å²) in [6.07, 6.45) is 3.78. The van der Waals surface area contributed by atoms with Gasteiger partial charge in [0, 0.05) is 12.8 Å². The van der Waals surface area contributed by atoms with Crippen molar-refractivity contribution < 1.29 is 9.59 Å². The Labute approximate surface area is 103 Å². The van der Waals surface area contributed by atoms with E-state index < -0.39 is 0 Å². The summed E-state index contributed by atoms with van der Waals surface area (Å²) in [6.45, 7) is 2.05. The summed E-state index contributed by atoms with van der Waals surface area (Å²) in [5.74, 6) is 0.153. The number of aryl methyl sites for hydroxylation is 1. The zero-order valence-corrected chi connectivity index (χ0v) is 10.4. The maximum atomic E-state index is 11.6. The third kappa shape index (κ3) is 6.00. The Kier molecular flexibility index (Phi) is 6.23. The molecule has 1 rings (SSSR count). The van der Waals surface area contributed by atoms with Crippen LogP contribution < -0.4 is 0 Å². The van der Waals surface area contributed by atoms with Crippen molar-refractivity contribution in [3.05, 3.63) is 35.9 Å². The summed E-state index contributed by atoms with van der Waals surface area (Å²) in [6, 6.07) is 9.90. The Morgan fingerprint density at radius 3 is 2.29 bits per heavy atom. The summed E-state index contributed by atoms with van der Waals surface area (Å²) in [5, 5.41) is 0. The minimum Gasteiger partial charge on any atom is -0.299 e. The number of hydrogen-bond acceptors (Lipinski definition) is 2. The Morgan fingerprint density at radius 2 is 1.65 bits per heavy atom. The number of carbonyl (C=O) groups is 2. The molecular weight excluding hydrogens is 212 g/mol. The molecule has 2 heteroatoms. The fourth-order valence-corrected chi connectivity index (χ4v) is 1.70. The Hall–Kier alpha value is -1.44.